The van der Waals surface area contributed by atoms with Crippen LogP contribution >= 0.6 is 23.2 Å². The van der Waals surface area contributed by atoms with Crippen molar-refractivity contribution in [3.05, 3.63) is 52.5 Å². The molecule has 0 unspecified atom stereocenters. The van der Waals surface area contributed by atoms with E-state index in [-0.39, 0.29) is 16.5 Å². The van der Waals surface area contributed by atoms with Gasteiger partial charge in [-0.2, -0.15) is 0 Å². The smallest absolute Gasteiger partial charge is 0.261 e. The van der Waals surface area contributed by atoms with Crippen LogP contribution in [0.5, 0.6) is 5.75 Å². The van der Waals surface area contributed by atoms with Gasteiger partial charge in [0.2, 0.25) is 0 Å². The van der Waals surface area contributed by atoms with Crippen LogP contribution in [0.15, 0.2) is 47.4 Å². The molecule has 6 nitrogen and oxygen atoms in total. The van der Waals surface area contributed by atoms with E-state index < -0.39 is 16.1 Å². The van der Waals surface area contributed by atoms with Crippen molar-refractivity contribution >= 4 is 44.8 Å². The van der Waals surface area contributed by atoms with Gasteiger partial charge >= 0.3 is 0 Å². The number of hydrogen-bond donors (Lipinski definition) is 2. The number of hydrogen-bond acceptors (Lipinski definition) is 4. The van der Waals surface area contributed by atoms with E-state index in [9.17, 15) is 13.2 Å². The topological polar surface area (TPSA) is 84.5 Å². The molecule has 0 spiro atoms. The van der Waals surface area contributed by atoms with E-state index in [1.807, 2.05) is 13.8 Å². The summed E-state index contributed by atoms with van der Waals surface area (Å²) in [7, 11) is -3.83. The number of rotatable bonds is 8. The second-order valence-corrected chi connectivity index (χ2v) is 9.19. The minimum Gasteiger partial charge on any atom is -0.481 e. The van der Waals surface area contributed by atoms with Crippen molar-refractivity contribution < 1.29 is 17.9 Å². The quantitative estimate of drug-likeness (QED) is 0.634. The lowest BCUT2D eigenvalue weighted by atomic mass is 10.2. The number of amides is 1. The Hall–Kier alpha value is -1.96. The second-order valence-electron chi connectivity index (χ2n) is 6.63. The maximum Gasteiger partial charge on any atom is 0.261 e. The predicted octanol–water partition coefficient (Wildman–Crippen LogP) is 4.33. The molecule has 0 saturated heterocycles. The summed E-state index contributed by atoms with van der Waals surface area (Å²) in [6.07, 6.45) is -0.701. The monoisotopic (exact) mass is 444 g/mol. The number of nitrogens with one attached hydrogen (secondary N) is 2. The SMILES string of the molecule is CC(C)CNC(=O)[C@H](C)Oc1ccc(S(=O)(=O)Nc2cc(Cl)cc(Cl)c2)cc1. The lowest BCUT2D eigenvalue weighted by Crippen LogP contribution is -2.38. The van der Waals surface area contributed by atoms with Crippen LogP contribution in [0.3, 0.4) is 0 Å². The van der Waals surface area contributed by atoms with E-state index in [4.69, 9.17) is 27.9 Å². The van der Waals surface area contributed by atoms with Crippen LogP contribution in [0, 0.1) is 5.92 Å². The number of carbonyl (C=O) groups excluding carboxylic acids is 1. The van der Waals surface area contributed by atoms with Gasteiger partial charge in [0.05, 0.1) is 10.6 Å². The third kappa shape index (κ3) is 6.58. The Kier molecular flexibility index (Phi) is 7.57. The summed E-state index contributed by atoms with van der Waals surface area (Å²) in [5.74, 6) is 0.490. The van der Waals surface area contributed by atoms with Crippen molar-refractivity contribution in [2.24, 2.45) is 5.92 Å². The highest BCUT2D eigenvalue weighted by atomic mass is 35.5. The molecule has 0 aromatic heterocycles. The molecule has 2 N–H and O–H groups in total. The molecule has 0 radical (unpaired) electrons. The molecule has 0 aliphatic heterocycles. The molecular weight excluding hydrogens is 423 g/mol. The molecule has 152 valence electrons. The number of halogens is 2. The highest BCUT2D eigenvalue weighted by Crippen LogP contribution is 2.25. The third-order valence-corrected chi connectivity index (χ3v) is 5.45. The zero-order valence-corrected chi connectivity index (χ0v) is 18.0. The number of ether oxygens (including phenoxy) is 1. The molecule has 0 saturated carbocycles. The Morgan fingerprint density at radius 3 is 2.14 bits per heavy atom. The van der Waals surface area contributed by atoms with E-state index in [0.29, 0.717) is 28.3 Å². The van der Waals surface area contributed by atoms with Crippen molar-refractivity contribution in [1.82, 2.24) is 5.32 Å². The minimum absolute atomic E-state index is 0.0351. The molecule has 2 aromatic rings. The molecule has 2 aromatic carbocycles. The van der Waals surface area contributed by atoms with Gasteiger partial charge in [0, 0.05) is 16.6 Å². The maximum atomic E-state index is 12.5. The second kappa shape index (κ2) is 9.49. The van der Waals surface area contributed by atoms with E-state index in [0.717, 1.165) is 0 Å². The highest BCUT2D eigenvalue weighted by molar-refractivity contribution is 7.92. The minimum atomic E-state index is -3.83. The average Bonchev–Trinajstić information content (AvgIpc) is 2.58. The first kappa shape index (κ1) is 22.3. The number of benzene rings is 2. The largest absolute Gasteiger partial charge is 0.481 e. The Bertz CT molecular complexity index is 911. The van der Waals surface area contributed by atoms with Gasteiger partial charge < -0.3 is 10.1 Å². The van der Waals surface area contributed by atoms with Crippen LogP contribution in [-0.2, 0) is 14.8 Å². The molecule has 0 heterocycles. The number of carbonyl (C=O) groups is 1. The molecule has 1 atom stereocenters. The molecule has 0 fully saturated rings. The van der Waals surface area contributed by atoms with Gasteiger partial charge in [-0.1, -0.05) is 37.0 Å². The molecule has 2 rings (SSSR count). The van der Waals surface area contributed by atoms with E-state index in [1.165, 1.54) is 42.5 Å². The van der Waals surface area contributed by atoms with Crippen LogP contribution in [0.2, 0.25) is 10.0 Å². The van der Waals surface area contributed by atoms with E-state index in [2.05, 4.69) is 10.0 Å². The van der Waals surface area contributed by atoms with Crippen molar-refractivity contribution in [3.63, 3.8) is 0 Å². The standard InChI is InChI=1S/C19H22Cl2N2O4S/c1-12(2)11-22-19(24)13(3)27-17-4-6-18(7-5-17)28(25,26)23-16-9-14(20)8-15(21)10-16/h4-10,12-13,23H,11H2,1-3H3,(H,22,24)/t13-/m0/s1. The molecular formula is C19H22Cl2N2O4S. The fraction of sp³-hybridized carbons (Fsp3) is 0.316. The summed E-state index contributed by atoms with van der Waals surface area (Å²) in [4.78, 5) is 12.0. The third-order valence-electron chi connectivity index (χ3n) is 3.62. The average molecular weight is 445 g/mol. The number of anilines is 1. The summed E-state index contributed by atoms with van der Waals surface area (Å²) in [6.45, 7) is 6.18. The highest BCUT2D eigenvalue weighted by Gasteiger charge is 2.17. The van der Waals surface area contributed by atoms with Crippen LogP contribution in [0.4, 0.5) is 5.69 Å². The normalized spacial score (nSPS) is 12.5. The van der Waals surface area contributed by atoms with Crippen LogP contribution in [-0.4, -0.2) is 27.0 Å². The lowest BCUT2D eigenvalue weighted by Gasteiger charge is -2.16. The Labute approximate surface area is 175 Å². The summed E-state index contributed by atoms with van der Waals surface area (Å²) in [5, 5.41) is 3.42. The Morgan fingerprint density at radius 2 is 1.61 bits per heavy atom. The fourth-order valence-electron chi connectivity index (χ4n) is 2.23. The Balaban J connectivity index is 2.05. The van der Waals surface area contributed by atoms with Gasteiger partial charge in [-0.25, -0.2) is 8.42 Å². The summed E-state index contributed by atoms with van der Waals surface area (Å²) in [5.41, 5.74) is 0.258. The molecule has 0 aliphatic rings. The maximum absolute atomic E-state index is 12.5. The fourth-order valence-corrected chi connectivity index (χ4v) is 3.80. The van der Waals surface area contributed by atoms with Crippen molar-refractivity contribution in [2.45, 2.75) is 31.8 Å². The first-order chi connectivity index (χ1) is 13.1. The van der Waals surface area contributed by atoms with E-state index in [1.54, 1.807) is 6.92 Å². The van der Waals surface area contributed by atoms with Gasteiger partial charge in [0.1, 0.15) is 5.75 Å². The molecule has 0 aliphatic carbocycles. The van der Waals surface area contributed by atoms with Crippen LogP contribution in [0.1, 0.15) is 20.8 Å². The van der Waals surface area contributed by atoms with E-state index >= 15 is 0 Å². The molecule has 1 amide bonds. The van der Waals surface area contributed by atoms with Gasteiger partial charge in [0.25, 0.3) is 15.9 Å². The van der Waals surface area contributed by atoms with Gasteiger partial charge in [-0.15, -0.1) is 0 Å². The summed E-state index contributed by atoms with van der Waals surface area (Å²) >= 11 is 11.8. The van der Waals surface area contributed by atoms with Crippen molar-refractivity contribution in [2.75, 3.05) is 11.3 Å². The van der Waals surface area contributed by atoms with Gasteiger partial charge in [-0.05, 0) is 55.3 Å². The first-order valence-electron chi connectivity index (χ1n) is 8.60. The van der Waals surface area contributed by atoms with Crippen molar-refractivity contribution in [1.29, 1.82) is 0 Å². The van der Waals surface area contributed by atoms with Crippen molar-refractivity contribution in [3.8, 4) is 5.75 Å². The molecule has 28 heavy (non-hydrogen) atoms. The zero-order chi connectivity index (χ0) is 20.9. The summed E-state index contributed by atoms with van der Waals surface area (Å²) in [6, 6.07) is 10.2. The predicted molar refractivity (Wildman–Crippen MR) is 112 cm³/mol. The van der Waals surface area contributed by atoms with Gasteiger partial charge in [-0.3, -0.25) is 9.52 Å². The lowest BCUT2D eigenvalue weighted by molar-refractivity contribution is -0.127. The zero-order valence-electron chi connectivity index (χ0n) is 15.7. The van der Waals surface area contributed by atoms with Crippen LogP contribution < -0.4 is 14.8 Å². The first-order valence-corrected chi connectivity index (χ1v) is 10.8. The van der Waals surface area contributed by atoms with Gasteiger partial charge in [0.15, 0.2) is 6.10 Å². The molecule has 9 heteroatoms. The summed E-state index contributed by atoms with van der Waals surface area (Å²) < 4.78 is 33.0. The number of sulfonamides is 1. The van der Waals surface area contributed by atoms with Crippen LogP contribution in [0.25, 0.3) is 0 Å². The molecule has 0 bridgehead atoms. The Morgan fingerprint density at radius 1 is 1.04 bits per heavy atom.